The highest BCUT2D eigenvalue weighted by Gasteiger charge is 2.24. The van der Waals surface area contributed by atoms with Gasteiger partial charge in [0.2, 0.25) is 0 Å². The molecule has 0 aliphatic heterocycles. The van der Waals surface area contributed by atoms with Crippen molar-refractivity contribution >= 4 is 32.0 Å². The first-order valence-corrected chi connectivity index (χ1v) is 7.51. The number of carbonyl (C=O) groups excluding carboxylic acids is 1. The normalized spacial score (nSPS) is 11.9. The van der Waals surface area contributed by atoms with E-state index in [0.29, 0.717) is 6.07 Å². The zero-order valence-corrected chi connectivity index (χ0v) is 11.1. The molecule has 0 bridgehead atoms. The summed E-state index contributed by atoms with van der Waals surface area (Å²) in [5.41, 5.74) is -0.0839. The third kappa shape index (κ3) is 3.89. The molecule has 11 heteroatoms. The second kappa shape index (κ2) is 5.13. The van der Waals surface area contributed by atoms with Gasteiger partial charge in [-0.3, -0.25) is 9.11 Å². The zero-order valence-electron chi connectivity index (χ0n) is 9.48. The zero-order chi connectivity index (χ0) is 14.8. The summed E-state index contributed by atoms with van der Waals surface area (Å²) in [4.78, 5) is 9.00. The van der Waals surface area contributed by atoms with E-state index < -0.39 is 36.1 Å². The minimum Gasteiger partial charge on any atom is -0.341 e. The highest BCUT2D eigenvalue weighted by atomic mass is 32.2. The van der Waals surface area contributed by atoms with Crippen molar-refractivity contribution in [2.75, 3.05) is 12.4 Å². The van der Waals surface area contributed by atoms with Gasteiger partial charge in [-0.15, -0.1) is 0 Å². The van der Waals surface area contributed by atoms with Crippen molar-refractivity contribution in [3.05, 3.63) is 18.2 Å². The number of rotatable bonds is 3. The van der Waals surface area contributed by atoms with Crippen LogP contribution in [0.3, 0.4) is 0 Å². The van der Waals surface area contributed by atoms with Gasteiger partial charge in [0.25, 0.3) is 20.2 Å². The number of nitrogens with one attached hydrogen (secondary N) is 2. The molecule has 0 atom stereocenters. The fraction of sp³-hybridized carbons (Fsp3) is 0.125. The van der Waals surface area contributed by atoms with Crippen LogP contribution in [0.5, 0.6) is 0 Å². The second-order valence-electron chi connectivity index (χ2n) is 3.32. The average Bonchev–Trinajstić information content (AvgIpc) is 2.26. The number of benzene rings is 1. The Kier molecular flexibility index (Phi) is 4.15. The van der Waals surface area contributed by atoms with Crippen LogP contribution in [-0.2, 0) is 20.2 Å². The molecule has 0 spiro atoms. The van der Waals surface area contributed by atoms with Gasteiger partial charge in [0, 0.05) is 12.7 Å². The Morgan fingerprint density at radius 2 is 1.58 bits per heavy atom. The topological polar surface area (TPSA) is 150 Å². The fourth-order valence-corrected chi connectivity index (χ4v) is 2.98. The molecule has 0 aromatic heterocycles. The monoisotopic (exact) mass is 310 g/mol. The number of anilines is 1. The molecular weight excluding hydrogens is 300 g/mol. The summed E-state index contributed by atoms with van der Waals surface area (Å²) in [7, 11) is -8.42. The molecule has 1 aromatic rings. The van der Waals surface area contributed by atoms with Crippen molar-refractivity contribution in [3.63, 3.8) is 0 Å². The van der Waals surface area contributed by atoms with Gasteiger partial charge in [-0.25, -0.2) is 4.79 Å². The first-order chi connectivity index (χ1) is 8.55. The van der Waals surface area contributed by atoms with E-state index in [4.69, 9.17) is 9.11 Å². The Balaban J connectivity index is 3.45. The fourth-order valence-electron chi connectivity index (χ4n) is 1.19. The average molecular weight is 310 g/mol. The molecule has 1 rings (SSSR count). The van der Waals surface area contributed by atoms with Crippen LogP contribution < -0.4 is 10.6 Å². The molecule has 0 saturated heterocycles. The van der Waals surface area contributed by atoms with Crippen LogP contribution in [0.25, 0.3) is 0 Å². The predicted octanol–water partition coefficient (Wildman–Crippen LogP) is -0.0687. The maximum Gasteiger partial charge on any atom is 0.318 e. The summed E-state index contributed by atoms with van der Waals surface area (Å²) < 4.78 is 61.8. The second-order valence-corrected chi connectivity index (χ2v) is 6.10. The molecule has 1 aromatic carbocycles. The molecule has 0 saturated carbocycles. The molecule has 0 aliphatic carbocycles. The lowest BCUT2D eigenvalue weighted by molar-refractivity contribution is 0.254. The minimum absolute atomic E-state index is 0.0839. The van der Waals surface area contributed by atoms with E-state index in [1.54, 1.807) is 0 Å². The molecule has 0 radical (unpaired) electrons. The predicted molar refractivity (Wildman–Crippen MR) is 64.1 cm³/mol. The minimum atomic E-state index is -4.89. The first-order valence-electron chi connectivity index (χ1n) is 4.63. The summed E-state index contributed by atoms with van der Waals surface area (Å²) >= 11 is 0. The molecule has 0 fully saturated rings. The number of hydrogen-bond donors (Lipinski definition) is 4. The number of carbonyl (C=O) groups is 1. The molecule has 0 heterocycles. The SMILES string of the molecule is CNC(=O)Nc1ccc(S(=O)(=O)O)c(S(=O)(=O)O)c1. The van der Waals surface area contributed by atoms with E-state index >= 15 is 0 Å². The molecular formula is C8H10N2O7S2. The Morgan fingerprint density at radius 1 is 1.05 bits per heavy atom. The van der Waals surface area contributed by atoms with Crippen LogP contribution >= 0.6 is 0 Å². The van der Waals surface area contributed by atoms with Gasteiger partial charge in [-0.2, -0.15) is 16.8 Å². The van der Waals surface area contributed by atoms with Crippen molar-refractivity contribution in [2.45, 2.75) is 9.79 Å². The van der Waals surface area contributed by atoms with Crippen LogP contribution in [-0.4, -0.2) is 39.0 Å². The van der Waals surface area contributed by atoms with Gasteiger partial charge < -0.3 is 10.6 Å². The van der Waals surface area contributed by atoms with E-state index in [1.165, 1.54) is 7.05 Å². The summed E-state index contributed by atoms with van der Waals surface area (Å²) in [6, 6.07) is 1.81. The molecule has 19 heavy (non-hydrogen) atoms. The van der Waals surface area contributed by atoms with Crippen LogP contribution in [0.15, 0.2) is 28.0 Å². The van der Waals surface area contributed by atoms with E-state index in [-0.39, 0.29) is 5.69 Å². The molecule has 9 nitrogen and oxygen atoms in total. The lowest BCUT2D eigenvalue weighted by Crippen LogP contribution is -2.24. The molecule has 4 N–H and O–H groups in total. The van der Waals surface area contributed by atoms with Crippen molar-refractivity contribution in [1.29, 1.82) is 0 Å². The van der Waals surface area contributed by atoms with Crippen LogP contribution in [0, 0.1) is 0 Å². The van der Waals surface area contributed by atoms with Gasteiger partial charge in [0.1, 0.15) is 9.79 Å². The Hall–Kier alpha value is -1.69. The maximum absolute atomic E-state index is 11.1. The van der Waals surface area contributed by atoms with Crippen molar-refractivity contribution in [1.82, 2.24) is 5.32 Å². The summed E-state index contributed by atoms with van der Waals surface area (Å²) in [5, 5.41) is 4.37. The number of urea groups is 1. The smallest absolute Gasteiger partial charge is 0.318 e. The lowest BCUT2D eigenvalue weighted by Gasteiger charge is -2.08. The van der Waals surface area contributed by atoms with Gasteiger partial charge in [0.15, 0.2) is 0 Å². The van der Waals surface area contributed by atoms with Crippen molar-refractivity contribution in [2.24, 2.45) is 0 Å². The largest absolute Gasteiger partial charge is 0.341 e. The summed E-state index contributed by atoms with van der Waals surface area (Å²) in [6.45, 7) is 0. The van der Waals surface area contributed by atoms with Crippen LogP contribution in [0.4, 0.5) is 10.5 Å². The van der Waals surface area contributed by atoms with Crippen molar-refractivity contribution in [3.8, 4) is 0 Å². The highest BCUT2D eigenvalue weighted by molar-refractivity contribution is 7.89. The van der Waals surface area contributed by atoms with Gasteiger partial charge >= 0.3 is 6.03 Å². The standard InChI is InChI=1S/C8H10N2O7S2/c1-9-8(11)10-5-2-3-6(18(12,13)14)7(4-5)19(15,16)17/h2-4H,1H3,(H2,9,10,11)(H,12,13,14)(H,15,16,17). The van der Waals surface area contributed by atoms with Crippen molar-refractivity contribution < 1.29 is 30.7 Å². The maximum atomic E-state index is 11.1. The van der Waals surface area contributed by atoms with E-state index in [2.05, 4.69) is 10.6 Å². The number of amides is 2. The first kappa shape index (κ1) is 15.4. The summed E-state index contributed by atoms with van der Waals surface area (Å²) in [6.07, 6.45) is 0. The summed E-state index contributed by atoms with van der Waals surface area (Å²) in [5.74, 6) is 0. The van der Waals surface area contributed by atoms with Gasteiger partial charge in [-0.05, 0) is 18.2 Å². The Labute approximate surface area is 109 Å². The van der Waals surface area contributed by atoms with Crippen LogP contribution in [0.1, 0.15) is 0 Å². The highest BCUT2D eigenvalue weighted by Crippen LogP contribution is 2.24. The van der Waals surface area contributed by atoms with Gasteiger partial charge in [0.05, 0.1) is 0 Å². The molecule has 0 unspecified atom stereocenters. The molecule has 106 valence electrons. The molecule has 0 aliphatic rings. The number of hydrogen-bond acceptors (Lipinski definition) is 5. The Morgan fingerprint density at radius 3 is 2.00 bits per heavy atom. The third-order valence-corrected chi connectivity index (χ3v) is 3.92. The van der Waals surface area contributed by atoms with E-state index in [1.807, 2.05) is 0 Å². The van der Waals surface area contributed by atoms with Gasteiger partial charge in [-0.1, -0.05) is 0 Å². The van der Waals surface area contributed by atoms with E-state index in [0.717, 1.165) is 12.1 Å². The van der Waals surface area contributed by atoms with Crippen LogP contribution in [0.2, 0.25) is 0 Å². The lowest BCUT2D eigenvalue weighted by atomic mass is 10.3. The third-order valence-electron chi connectivity index (χ3n) is 1.98. The Bertz CT molecular complexity index is 709. The van der Waals surface area contributed by atoms with E-state index in [9.17, 15) is 21.6 Å². The quantitative estimate of drug-likeness (QED) is 0.571. The molecule has 2 amide bonds.